The second kappa shape index (κ2) is 8.87. The van der Waals surface area contributed by atoms with Crippen LogP contribution in [-0.2, 0) is 10.0 Å². The SMILES string of the molecule is Cc1cccc(S(=O)(=O)Nc2c(C)cc(C)c(N3CCN(c4ccccc4)CC3)c2C)c1. The second-order valence-electron chi connectivity index (χ2n) is 8.59. The van der Waals surface area contributed by atoms with Crippen molar-refractivity contribution in [1.29, 1.82) is 0 Å². The van der Waals surface area contributed by atoms with Gasteiger partial charge in [-0.25, -0.2) is 8.42 Å². The summed E-state index contributed by atoms with van der Waals surface area (Å²) in [4.78, 5) is 5.07. The predicted octanol–water partition coefficient (Wildman–Crippen LogP) is 5.05. The summed E-state index contributed by atoms with van der Waals surface area (Å²) in [5.74, 6) is 0. The van der Waals surface area contributed by atoms with E-state index in [2.05, 4.69) is 51.8 Å². The van der Waals surface area contributed by atoms with Crippen LogP contribution in [-0.4, -0.2) is 34.6 Å². The van der Waals surface area contributed by atoms with E-state index in [-0.39, 0.29) is 4.90 Å². The Morgan fingerprint density at radius 2 is 1.41 bits per heavy atom. The lowest BCUT2D eigenvalue weighted by molar-refractivity contribution is 0.601. The molecule has 3 aromatic rings. The molecule has 3 aromatic carbocycles. The summed E-state index contributed by atoms with van der Waals surface area (Å²) >= 11 is 0. The van der Waals surface area contributed by atoms with Crippen molar-refractivity contribution in [3.8, 4) is 0 Å². The number of hydrogen-bond donors (Lipinski definition) is 1. The van der Waals surface area contributed by atoms with Crippen molar-refractivity contribution in [1.82, 2.24) is 0 Å². The summed E-state index contributed by atoms with van der Waals surface area (Å²) in [6.07, 6.45) is 0. The summed E-state index contributed by atoms with van der Waals surface area (Å²) in [6, 6.07) is 19.6. The van der Waals surface area contributed by atoms with Gasteiger partial charge < -0.3 is 9.80 Å². The molecule has 0 unspecified atom stereocenters. The molecule has 1 heterocycles. The molecular weight excluding hydrogens is 418 g/mol. The monoisotopic (exact) mass is 449 g/mol. The van der Waals surface area contributed by atoms with Gasteiger partial charge in [-0.15, -0.1) is 0 Å². The minimum atomic E-state index is -3.66. The zero-order valence-electron chi connectivity index (χ0n) is 19.2. The topological polar surface area (TPSA) is 52.7 Å². The van der Waals surface area contributed by atoms with Crippen LogP contribution in [0.25, 0.3) is 0 Å². The normalized spacial score (nSPS) is 14.5. The molecule has 0 spiro atoms. The van der Waals surface area contributed by atoms with Crippen LogP contribution in [0.2, 0.25) is 0 Å². The Kier molecular flexibility index (Phi) is 6.15. The molecule has 32 heavy (non-hydrogen) atoms. The Morgan fingerprint density at radius 1 is 0.750 bits per heavy atom. The van der Waals surface area contributed by atoms with Crippen molar-refractivity contribution in [3.05, 3.63) is 82.9 Å². The van der Waals surface area contributed by atoms with Crippen LogP contribution < -0.4 is 14.5 Å². The van der Waals surface area contributed by atoms with Gasteiger partial charge in [0.1, 0.15) is 0 Å². The van der Waals surface area contributed by atoms with Gasteiger partial charge in [0.25, 0.3) is 10.0 Å². The van der Waals surface area contributed by atoms with E-state index in [1.165, 1.54) is 11.3 Å². The molecule has 0 amide bonds. The Morgan fingerprint density at radius 3 is 2.06 bits per heavy atom. The summed E-state index contributed by atoms with van der Waals surface area (Å²) < 4.78 is 29.1. The Hall–Kier alpha value is -2.99. The average molecular weight is 450 g/mol. The summed E-state index contributed by atoms with van der Waals surface area (Å²) in [6.45, 7) is 11.6. The van der Waals surface area contributed by atoms with Crippen molar-refractivity contribution in [3.63, 3.8) is 0 Å². The predicted molar refractivity (Wildman–Crippen MR) is 134 cm³/mol. The van der Waals surface area contributed by atoms with Crippen LogP contribution in [0.15, 0.2) is 65.6 Å². The zero-order chi connectivity index (χ0) is 22.9. The Labute approximate surface area is 191 Å². The van der Waals surface area contributed by atoms with Crippen LogP contribution in [0, 0.1) is 27.7 Å². The zero-order valence-corrected chi connectivity index (χ0v) is 20.0. The lowest BCUT2D eigenvalue weighted by Crippen LogP contribution is -2.47. The summed E-state index contributed by atoms with van der Waals surface area (Å²) in [5.41, 5.74) is 7.06. The quantitative estimate of drug-likeness (QED) is 0.592. The van der Waals surface area contributed by atoms with Gasteiger partial charge in [0.15, 0.2) is 0 Å². The second-order valence-corrected chi connectivity index (χ2v) is 10.3. The fourth-order valence-corrected chi connectivity index (χ4v) is 5.92. The molecule has 1 N–H and O–H groups in total. The number of rotatable bonds is 5. The van der Waals surface area contributed by atoms with Crippen molar-refractivity contribution in [2.24, 2.45) is 0 Å². The molecule has 4 rings (SSSR count). The molecule has 0 atom stereocenters. The van der Waals surface area contributed by atoms with Gasteiger partial charge in [-0.05, 0) is 74.2 Å². The first-order valence-corrected chi connectivity index (χ1v) is 12.5. The minimum Gasteiger partial charge on any atom is -0.368 e. The number of anilines is 3. The van der Waals surface area contributed by atoms with Crippen molar-refractivity contribution < 1.29 is 8.42 Å². The number of benzene rings is 3. The lowest BCUT2D eigenvalue weighted by Gasteiger charge is -2.39. The summed E-state index contributed by atoms with van der Waals surface area (Å²) in [5, 5.41) is 0. The third kappa shape index (κ3) is 4.46. The highest BCUT2D eigenvalue weighted by molar-refractivity contribution is 7.92. The number of nitrogens with one attached hydrogen (secondary N) is 1. The molecule has 1 aliphatic heterocycles. The van der Waals surface area contributed by atoms with E-state index < -0.39 is 10.0 Å². The highest BCUT2D eigenvalue weighted by Gasteiger charge is 2.24. The van der Waals surface area contributed by atoms with Gasteiger partial charge in [0.2, 0.25) is 0 Å². The van der Waals surface area contributed by atoms with E-state index in [0.29, 0.717) is 5.69 Å². The molecule has 5 nitrogen and oxygen atoms in total. The molecule has 6 heteroatoms. The lowest BCUT2D eigenvalue weighted by atomic mass is 10.0. The van der Waals surface area contributed by atoms with Crippen LogP contribution in [0.4, 0.5) is 17.1 Å². The van der Waals surface area contributed by atoms with Crippen molar-refractivity contribution in [2.45, 2.75) is 32.6 Å². The van der Waals surface area contributed by atoms with Gasteiger partial charge >= 0.3 is 0 Å². The number of hydrogen-bond acceptors (Lipinski definition) is 4. The molecule has 1 saturated heterocycles. The molecule has 0 aliphatic carbocycles. The maximum absolute atomic E-state index is 13.1. The Bertz CT molecular complexity index is 1220. The van der Waals surface area contributed by atoms with Gasteiger partial charge in [0, 0.05) is 37.6 Å². The third-order valence-electron chi connectivity index (χ3n) is 6.18. The molecule has 1 fully saturated rings. The molecule has 0 radical (unpaired) electrons. The van der Waals surface area contributed by atoms with Crippen LogP contribution in [0.3, 0.4) is 0 Å². The molecule has 0 bridgehead atoms. The highest BCUT2D eigenvalue weighted by atomic mass is 32.2. The van der Waals surface area contributed by atoms with E-state index >= 15 is 0 Å². The fraction of sp³-hybridized carbons (Fsp3) is 0.308. The first-order valence-electron chi connectivity index (χ1n) is 11.0. The molecule has 0 saturated carbocycles. The van der Waals surface area contributed by atoms with Crippen LogP contribution in [0.1, 0.15) is 22.3 Å². The van der Waals surface area contributed by atoms with Gasteiger partial charge in [0.05, 0.1) is 10.6 Å². The van der Waals surface area contributed by atoms with E-state index in [4.69, 9.17) is 0 Å². The van der Waals surface area contributed by atoms with E-state index in [0.717, 1.165) is 48.6 Å². The van der Waals surface area contributed by atoms with Crippen molar-refractivity contribution in [2.75, 3.05) is 40.7 Å². The highest BCUT2D eigenvalue weighted by Crippen LogP contribution is 2.35. The summed E-state index contributed by atoms with van der Waals surface area (Å²) in [7, 11) is -3.66. The van der Waals surface area contributed by atoms with Crippen molar-refractivity contribution >= 4 is 27.1 Å². The largest absolute Gasteiger partial charge is 0.368 e. The Balaban J connectivity index is 1.61. The standard InChI is InChI=1S/C26H31N3O2S/c1-19-9-8-12-24(17-19)32(30,31)27-25-20(2)18-21(3)26(22(25)4)29-15-13-28(14-16-29)23-10-6-5-7-11-23/h5-12,17-18,27H,13-16H2,1-4H3. The smallest absolute Gasteiger partial charge is 0.261 e. The molecule has 1 aliphatic rings. The van der Waals surface area contributed by atoms with Crippen LogP contribution >= 0.6 is 0 Å². The number of nitrogens with zero attached hydrogens (tertiary/aromatic N) is 2. The number of sulfonamides is 1. The third-order valence-corrected chi connectivity index (χ3v) is 7.53. The first-order chi connectivity index (χ1) is 15.3. The fourth-order valence-electron chi connectivity index (χ4n) is 4.62. The van der Waals surface area contributed by atoms with E-state index in [1.807, 2.05) is 32.9 Å². The van der Waals surface area contributed by atoms with Gasteiger partial charge in [-0.2, -0.15) is 0 Å². The first kappa shape index (κ1) is 22.2. The van der Waals surface area contributed by atoms with E-state index in [9.17, 15) is 8.42 Å². The minimum absolute atomic E-state index is 0.287. The van der Waals surface area contributed by atoms with Gasteiger partial charge in [-0.3, -0.25) is 4.72 Å². The average Bonchev–Trinajstić information content (AvgIpc) is 2.78. The van der Waals surface area contributed by atoms with Crippen LogP contribution in [0.5, 0.6) is 0 Å². The molecule has 0 aromatic heterocycles. The maximum Gasteiger partial charge on any atom is 0.261 e. The molecule has 168 valence electrons. The number of para-hydroxylation sites is 1. The number of aryl methyl sites for hydroxylation is 3. The van der Waals surface area contributed by atoms with E-state index in [1.54, 1.807) is 18.2 Å². The van der Waals surface area contributed by atoms with Gasteiger partial charge in [-0.1, -0.05) is 36.4 Å². The molecular formula is C26H31N3O2S. The number of piperazine rings is 1. The maximum atomic E-state index is 13.1.